The minimum atomic E-state index is -5.39. The van der Waals surface area contributed by atoms with Crippen LogP contribution in [0.25, 0.3) is 0 Å². The van der Waals surface area contributed by atoms with Crippen LogP contribution in [0.15, 0.2) is 0 Å². The summed E-state index contributed by atoms with van der Waals surface area (Å²) in [6.45, 7) is 0. The van der Waals surface area contributed by atoms with Crippen molar-refractivity contribution in [2.75, 3.05) is 0 Å². The summed E-state index contributed by atoms with van der Waals surface area (Å²) in [6.07, 6.45) is 0. The van der Waals surface area contributed by atoms with Gasteiger partial charge in [-0.3, -0.25) is 0 Å². The molecule has 0 fully saturated rings. The van der Waals surface area contributed by atoms with Crippen molar-refractivity contribution < 1.29 is 187 Å². The first-order valence-electron chi connectivity index (χ1n) is 2.19. The van der Waals surface area contributed by atoms with E-state index in [2.05, 4.69) is 0 Å². The van der Waals surface area contributed by atoms with E-state index in [0.29, 0.717) is 0 Å². The first kappa shape index (κ1) is 63.4. The molecule has 0 aromatic rings. The minimum Gasteiger partial charge on any atom is -1.00 e. The summed E-state index contributed by atoms with van der Waals surface area (Å²) >= 11 is 0. The van der Waals surface area contributed by atoms with Crippen molar-refractivity contribution in [3.05, 3.63) is 0 Å². The van der Waals surface area contributed by atoms with Crippen LogP contribution in [0, 0.1) is 0 Å². The molecule has 0 aromatic heterocycles. The fourth-order valence-corrected chi connectivity index (χ4v) is 0. The molecular formula is H3FeLi3Mn3O12P3. The minimum absolute atomic E-state index is 0. The first-order chi connectivity index (χ1) is 6.00. The maximum Gasteiger partial charge on any atom is 3.00 e. The van der Waals surface area contributed by atoms with Gasteiger partial charge in [0.1, 0.15) is 0 Å². The molecule has 0 aromatic carbocycles. The molecule has 22 heavy (non-hydrogen) atoms. The molecule has 0 rings (SSSR count). The monoisotopic (exact) mass is 530 g/mol. The third-order valence-corrected chi connectivity index (χ3v) is 0. The van der Waals surface area contributed by atoms with E-state index in [1.165, 1.54) is 0 Å². The Morgan fingerprint density at radius 3 is 0.455 bits per heavy atom. The maximum absolute atomic E-state index is 8.55. The summed E-state index contributed by atoms with van der Waals surface area (Å²) in [5.74, 6) is 0. The quantitative estimate of drug-likeness (QED) is 0.209. The Hall–Kier alpha value is 4.20. The predicted molar refractivity (Wildman–Crippen MR) is 26.2 cm³/mol. The zero-order valence-electron chi connectivity index (χ0n) is 13.7. The summed E-state index contributed by atoms with van der Waals surface area (Å²) in [5, 5.41) is 0. The molecule has 0 saturated carbocycles. The van der Waals surface area contributed by atoms with Gasteiger partial charge in [-0.25, -0.2) is 0 Å². The van der Waals surface area contributed by atoms with Gasteiger partial charge in [-0.2, -0.15) is 23.5 Å². The zero-order valence-corrected chi connectivity index (χ0v) is 18.1. The van der Waals surface area contributed by atoms with Crippen molar-refractivity contribution in [2.45, 2.75) is 0 Å². The van der Waals surface area contributed by atoms with Crippen LogP contribution < -0.4 is 101 Å². The molecule has 0 N–H and O–H groups in total. The normalized spacial score (nSPS) is 8.05. The third kappa shape index (κ3) is 738. The Bertz CT molecular complexity index is 240. The number of hydrogen-bond donors (Lipinski definition) is 0. The second-order valence-corrected chi connectivity index (χ2v) is 4.02. The third-order valence-electron chi connectivity index (χ3n) is 0. The molecule has 0 amide bonds. The van der Waals surface area contributed by atoms with Gasteiger partial charge in [-0.15, -0.1) is 0 Å². The molecule has 0 unspecified atom stereocenters. The largest absolute Gasteiger partial charge is 3.00 e. The summed E-state index contributed by atoms with van der Waals surface area (Å²) in [4.78, 5) is 76.9. The van der Waals surface area contributed by atoms with Crippen LogP contribution in [0.3, 0.4) is 0 Å². The summed E-state index contributed by atoms with van der Waals surface area (Å²) in [6, 6.07) is 0. The average molecular weight is 529 g/mol. The fourth-order valence-electron chi connectivity index (χ4n) is 0. The standard InChI is InChI=1S/Fe.3Li.3Mn.3H3O4P.3H/c;;;;;;;3*1-5(2,3)4;;;/h;;;;;;;3*(H3,1,2,3,4);;;/q+3;3*+1;3*+2;;;;3*-1/p-9. The SMILES string of the molecule is O=P([O-])([O-])[O-].O=P([O-])([O-])[O-].O=P([O-])([O-])[O-].[Fe+3].[H-].[H-].[H-].[Li+].[Li+].[Li+].[Mn+2].[Mn+2].[Mn+2]. The fraction of sp³-hybridized carbons (Fsp3) is 0. The number of hydrogen-bond acceptors (Lipinski definition) is 12. The van der Waals surface area contributed by atoms with Crippen molar-refractivity contribution >= 4 is 23.5 Å². The van der Waals surface area contributed by atoms with Gasteiger partial charge in [0.15, 0.2) is 0 Å². The van der Waals surface area contributed by atoms with Crippen LogP contribution in [0.4, 0.5) is 0 Å². The van der Waals surface area contributed by atoms with E-state index in [1.807, 2.05) is 0 Å². The smallest absolute Gasteiger partial charge is 1.00 e. The van der Waals surface area contributed by atoms with Gasteiger partial charge in [0.2, 0.25) is 0 Å². The van der Waals surface area contributed by atoms with Crippen molar-refractivity contribution in [2.24, 2.45) is 0 Å². The van der Waals surface area contributed by atoms with Crippen molar-refractivity contribution in [1.29, 1.82) is 0 Å². The van der Waals surface area contributed by atoms with E-state index in [0.717, 1.165) is 0 Å². The van der Waals surface area contributed by atoms with Crippen LogP contribution in [-0.4, -0.2) is 0 Å². The Morgan fingerprint density at radius 2 is 0.455 bits per heavy atom. The molecule has 0 bridgehead atoms. The number of rotatable bonds is 0. The van der Waals surface area contributed by atoms with Gasteiger partial charge in [-0.1, -0.05) is 0 Å². The Morgan fingerprint density at radius 1 is 0.455 bits per heavy atom. The predicted octanol–water partition coefficient (Wildman–Crippen LogP) is -17.1. The molecule has 122 valence electrons. The molecule has 0 spiro atoms. The van der Waals surface area contributed by atoms with E-state index in [1.54, 1.807) is 0 Å². The Kier molecular flexibility index (Phi) is 86.3. The first-order valence-corrected chi connectivity index (χ1v) is 6.57. The van der Waals surface area contributed by atoms with Crippen LogP contribution >= 0.6 is 23.5 Å². The van der Waals surface area contributed by atoms with Crippen LogP contribution in [0.5, 0.6) is 0 Å². The zero-order chi connectivity index (χ0) is 13.5. The number of phosphoric acid groups is 3. The molecule has 0 aliphatic rings. The van der Waals surface area contributed by atoms with Crippen molar-refractivity contribution in [3.8, 4) is 0 Å². The molecule has 0 heterocycles. The van der Waals surface area contributed by atoms with Gasteiger partial charge in [0.05, 0.1) is 0 Å². The van der Waals surface area contributed by atoms with Gasteiger partial charge in [0, 0.05) is 0 Å². The van der Waals surface area contributed by atoms with Gasteiger partial charge in [0.25, 0.3) is 0 Å². The van der Waals surface area contributed by atoms with Crippen LogP contribution in [0.2, 0.25) is 0 Å². The second kappa shape index (κ2) is 29.9. The summed E-state index contributed by atoms with van der Waals surface area (Å²) in [5.41, 5.74) is 0. The van der Waals surface area contributed by atoms with Gasteiger partial charge >= 0.3 is 125 Å². The van der Waals surface area contributed by atoms with Crippen molar-refractivity contribution in [1.82, 2.24) is 0 Å². The van der Waals surface area contributed by atoms with Crippen LogP contribution in [0.1, 0.15) is 4.28 Å². The molecular weight excluding hydrogens is 526 g/mol. The summed E-state index contributed by atoms with van der Waals surface area (Å²) < 4.78 is 25.6. The second-order valence-electron chi connectivity index (χ2n) is 1.34. The maximum atomic E-state index is 8.55. The molecule has 4 radical (unpaired) electrons. The Labute approximate surface area is 208 Å². The summed E-state index contributed by atoms with van der Waals surface area (Å²) in [7, 11) is -16.2. The molecule has 0 atom stereocenters. The molecule has 0 aliphatic carbocycles. The van der Waals surface area contributed by atoms with Crippen LogP contribution in [-0.2, 0) is 82.0 Å². The molecule has 0 saturated heterocycles. The van der Waals surface area contributed by atoms with Gasteiger partial charge < -0.3 is 62.0 Å². The topological polar surface area (TPSA) is 259 Å². The van der Waals surface area contributed by atoms with Crippen molar-refractivity contribution in [3.63, 3.8) is 0 Å². The van der Waals surface area contributed by atoms with E-state index in [4.69, 9.17) is 57.7 Å². The molecule has 0 aliphatic heterocycles. The average Bonchev–Trinajstić information content (AvgIpc) is 1.41. The van der Waals surface area contributed by atoms with Gasteiger partial charge in [-0.05, 0) is 0 Å². The van der Waals surface area contributed by atoms with E-state index < -0.39 is 23.5 Å². The molecule has 12 nitrogen and oxygen atoms in total. The van der Waals surface area contributed by atoms with E-state index >= 15 is 0 Å². The van der Waals surface area contributed by atoms with E-state index in [9.17, 15) is 0 Å². The Balaban J connectivity index is -0.00000000655. The van der Waals surface area contributed by atoms with E-state index in [-0.39, 0.29) is 129 Å². The molecule has 22 heteroatoms.